The number of ether oxygens (including phenoxy) is 4. The lowest BCUT2D eigenvalue weighted by atomic mass is 10.1. The summed E-state index contributed by atoms with van der Waals surface area (Å²) in [5.74, 6) is 2.10. The number of rotatable bonds is 10. The van der Waals surface area contributed by atoms with Crippen molar-refractivity contribution in [3.63, 3.8) is 0 Å². The zero-order chi connectivity index (χ0) is 27.7. The van der Waals surface area contributed by atoms with E-state index in [-0.39, 0.29) is 6.10 Å². The van der Waals surface area contributed by atoms with Crippen LogP contribution in [0.1, 0.15) is 18.4 Å². The van der Waals surface area contributed by atoms with Crippen LogP contribution >= 0.6 is 0 Å². The SMILES string of the molecule is COCCN1CCN(c2ccc(Nc3nccc(-c4ccc(OC5CCOCC5)c(C#N)c4)n3)nc2OC)CC1. The fourth-order valence-electron chi connectivity index (χ4n) is 4.87. The number of benzene rings is 1. The summed E-state index contributed by atoms with van der Waals surface area (Å²) < 4.78 is 22.3. The fraction of sp³-hybridized carbons (Fsp3) is 0.448. The topological polar surface area (TPSA) is 118 Å². The molecule has 1 N–H and O–H groups in total. The Kier molecular flexibility index (Phi) is 9.23. The van der Waals surface area contributed by atoms with Gasteiger partial charge < -0.3 is 29.2 Å². The first-order valence-electron chi connectivity index (χ1n) is 13.6. The Morgan fingerprint density at radius 3 is 2.62 bits per heavy atom. The molecule has 2 aliphatic heterocycles. The van der Waals surface area contributed by atoms with Crippen LogP contribution in [0.2, 0.25) is 0 Å². The smallest absolute Gasteiger partial charge is 0.239 e. The van der Waals surface area contributed by atoms with E-state index in [9.17, 15) is 5.26 Å². The molecule has 0 amide bonds. The third kappa shape index (κ3) is 6.77. The molecule has 0 saturated carbocycles. The number of nitriles is 1. The lowest BCUT2D eigenvalue weighted by Crippen LogP contribution is -2.47. The molecule has 40 heavy (non-hydrogen) atoms. The summed E-state index contributed by atoms with van der Waals surface area (Å²) in [5, 5.41) is 12.9. The molecule has 0 spiro atoms. The Morgan fingerprint density at radius 2 is 1.88 bits per heavy atom. The Bertz CT molecular complexity index is 1320. The molecule has 5 rings (SSSR count). The molecule has 0 radical (unpaired) electrons. The molecule has 11 nitrogen and oxygen atoms in total. The molecule has 0 bridgehead atoms. The first kappa shape index (κ1) is 27.6. The highest BCUT2D eigenvalue weighted by atomic mass is 16.5. The third-order valence-electron chi connectivity index (χ3n) is 7.11. The van der Waals surface area contributed by atoms with Gasteiger partial charge in [0.25, 0.3) is 0 Å². The van der Waals surface area contributed by atoms with Crippen molar-refractivity contribution in [1.29, 1.82) is 5.26 Å². The molecular formula is C29H35N7O4. The average Bonchev–Trinajstić information content (AvgIpc) is 3.01. The number of anilines is 3. The van der Waals surface area contributed by atoms with Crippen LogP contribution in [0.5, 0.6) is 11.6 Å². The molecule has 2 aromatic heterocycles. The van der Waals surface area contributed by atoms with Gasteiger partial charge in [-0.15, -0.1) is 0 Å². The number of methoxy groups -OCH3 is 2. The summed E-state index contributed by atoms with van der Waals surface area (Å²) in [4.78, 5) is 18.4. The predicted molar refractivity (Wildman–Crippen MR) is 151 cm³/mol. The van der Waals surface area contributed by atoms with E-state index in [2.05, 4.69) is 36.1 Å². The second-order valence-electron chi connectivity index (χ2n) is 9.69. The molecule has 0 atom stereocenters. The van der Waals surface area contributed by atoms with E-state index in [1.165, 1.54) is 0 Å². The van der Waals surface area contributed by atoms with Crippen LogP contribution in [0.15, 0.2) is 42.6 Å². The van der Waals surface area contributed by atoms with Crippen molar-refractivity contribution >= 4 is 17.5 Å². The van der Waals surface area contributed by atoms with Crippen LogP contribution in [-0.2, 0) is 9.47 Å². The van der Waals surface area contributed by atoms with E-state index in [1.807, 2.05) is 30.3 Å². The highest BCUT2D eigenvalue weighted by Gasteiger charge is 2.21. The van der Waals surface area contributed by atoms with Gasteiger partial charge in [-0.1, -0.05) is 0 Å². The number of aromatic nitrogens is 3. The number of nitrogens with zero attached hydrogens (tertiary/aromatic N) is 6. The number of pyridine rings is 1. The Balaban J connectivity index is 1.27. The summed E-state index contributed by atoms with van der Waals surface area (Å²) in [5.41, 5.74) is 2.91. The minimum Gasteiger partial charge on any atom is -0.489 e. The number of hydrogen-bond acceptors (Lipinski definition) is 11. The monoisotopic (exact) mass is 545 g/mol. The molecule has 2 saturated heterocycles. The Labute approximate surface area is 234 Å². The van der Waals surface area contributed by atoms with Gasteiger partial charge in [-0.05, 0) is 36.4 Å². The van der Waals surface area contributed by atoms with Gasteiger partial charge in [0.2, 0.25) is 11.8 Å². The zero-order valence-electron chi connectivity index (χ0n) is 23.0. The number of piperazine rings is 1. The van der Waals surface area contributed by atoms with Crippen LogP contribution in [0.4, 0.5) is 17.5 Å². The normalized spacial score (nSPS) is 16.4. The zero-order valence-corrected chi connectivity index (χ0v) is 23.0. The average molecular weight is 546 g/mol. The minimum atomic E-state index is 0.0583. The van der Waals surface area contributed by atoms with Crippen molar-refractivity contribution < 1.29 is 18.9 Å². The van der Waals surface area contributed by atoms with Crippen LogP contribution in [0.25, 0.3) is 11.3 Å². The van der Waals surface area contributed by atoms with Crippen LogP contribution in [-0.4, -0.2) is 92.7 Å². The summed E-state index contributed by atoms with van der Waals surface area (Å²) in [6.45, 7) is 6.74. The van der Waals surface area contributed by atoms with E-state index < -0.39 is 0 Å². The van der Waals surface area contributed by atoms with Gasteiger partial charge in [0.05, 0.1) is 38.2 Å². The predicted octanol–water partition coefficient (Wildman–Crippen LogP) is 3.49. The number of hydrogen-bond donors (Lipinski definition) is 1. The molecule has 2 aliphatic rings. The summed E-state index contributed by atoms with van der Waals surface area (Å²) in [6.07, 6.45) is 3.37. The maximum atomic E-state index is 9.75. The van der Waals surface area contributed by atoms with Crippen molar-refractivity contribution in [2.45, 2.75) is 18.9 Å². The van der Waals surface area contributed by atoms with Crippen molar-refractivity contribution in [2.24, 2.45) is 0 Å². The molecule has 11 heteroatoms. The maximum Gasteiger partial charge on any atom is 0.239 e. The molecule has 0 unspecified atom stereocenters. The van der Waals surface area contributed by atoms with E-state index in [0.29, 0.717) is 47.9 Å². The third-order valence-corrected chi connectivity index (χ3v) is 7.11. The lowest BCUT2D eigenvalue weighted by Gasteiger charge is -2.36. The van der Waals surface area contributed by atoms with E-state index in [0.717, 1.165) is 63.4 Å². The Morgan fingerprint density at radius 1 is 1.05 bits per heavy atom. The first-order chi connectivity index (χ1) is 19.7. The van der Waals surface area contributed by atoms with Crippen molar-refractivity contribution in [3.8, 4) is 29.0 Å². The van der Waals surface area contributed by atoms with Crippen LogP contribution in [0.3, 0.4) is 0 Å². The summed E-state index contributed by atoms with van der Waals surface area (Å²) >= 11 is 0. The fourth-order valence-corrected chi connectivity index (χ4v) is 4.87. The van der Waals surface area contributed by atoms with Gasteiger partial charge in [0, 0.05) is 64.4 Å². The van der Waals surface area contributed by atoms with Crippen LogP contribution < -0.4 is 19.7 Å². The van der Waals surface area contributed by atoms with Crippen molar-refractivity contribution in [2.75, 3.05) is 77.0 Å². The molecule has 210 valence electrons. The van der Waals surface area contributed by atoms with Crippen LogP contribution in [0, 0.1) is 11.3 Å². The molecule has 1 aromatic carbocycles. The van der Waals surface area contributed by atoms with Gasteiger partial charge >= 0.3 is 0 Å². The van der Waals surface area contributed by atoms with Gasteiger partial charge in [0.15, 0.2) is 0 Å². The molecule has 2 fully saturated rings. The quantitative estimate of drug-likeness (QED) is 0.403. The second-order valence-corrected chi connectivity index (χ2v) is 9.69. The molecule has 3 aromatic rings. The molecule has 4 heterocycles. The number of nitrogens with one attached hydrogen (secondary N) is 1. The summed E-state index contributed by atoms with van der Waals surface area (Å²) in [6, 6.07) is 13.5. The van der Waals surface area contributed by atoms with E-state index in [1.54, 1.807) is 26.5 Å². The van der Waals surface area contributed by atoms with Gasteiger partial charge in [-0.3, -0.25) is 4.90 Å². The van der Waals surface area contributed by atoms with Crippen molar-refractivity contribution in [3.05, 3.63) is 48.2 Å². The van der Waals surface area contributed by atoms with E-state index in [4.69, 9.17) is 18.9 Å². The highest BCUT2D eigenvalue weighted by molar-refractivity contribution is 5.66. The standard InChI is InChI=1S/C29H35N7O4/c1-37-18-15-35-11-13-36(14-12-35)25-4-6-27(33-28(25)38-2)34-29-31-10-7-24(32-29)21-3-5-26(22(19-21)20-30)40-23-8-16-39-17-9-23/h3-7,10,19,23H,8-9,11-18H2,1-2H3,(H,31,32,33,34). The largest absolute Gasteiger partial charge is 0.489 e. The Hall–Kier alpha value is -3.98. The van der Waals surface area contributed by atoms with Gasteiger partial charge in [0.1, 0.15) is 29.4 Å². The van der Waals surface area contributed by atoms with E-state index >= 15 is 0 Å². The van der Waals surface area contributed by atoms with Crippen molar-refractivity contribution in [1.82, 2.24) is 19.9 Å². The van der Waals surface area contributed by atoms with Gasteiger partial charge in [-0.25, -0.2) is 9.97 Å². The minimum absolute atomic E-state index is 0.0583. The summed E-state index contributed by atoms with van der Waals surface area (Å²) in [7, 11) is 3.36. The first-order valence-corrected chi connectivity index (χ1v) is 13.6. The lowest BCUT2D eigenvalue weighted by molar-refractivity contribution is 0.0254. The van der Waals surface area contributed by atoms with Gasteiger partial charge in [-0.2, -0.15) is 10.2 Å². The second kappa shape index (κ2) is 13.4. The molecular weight excluding hydrogens is 510 g/mol. The maximum absolute atomic E-state index is 9.75. The molecule has 0 aliphatic carbocycles. The highest BCUT2D eigenvalue weighted by Crippen LogP contribution is 2.31.